The van der Waals surface area contributed by atoms with Crippen LogP contribution in [0, 0.1) is 5.82 Å². The maximum Gasteiger partial charge on any atom is 0.354 e. The fraction of sp³-hybridized carbons (Fsp3) is 0.500. The van der Waals surface area contributed by atoms with E-state index in [0.29, 0.717) is 53.2 Å². The van der Waals surface area contributed by atoms with E-state index in [-0.39, 0.29) is 29.7 Å². The van der Waals surface area contributed by atoms with Gasteiger partial charge in [0, 0.05) is 18.5 Å². The van der Waals surface area contributed by atoms with Crippen LogP contribution in [0.2, 0.25) is 0 Å². The Morgan fingerprint density at radius 2 is 2.03 bits per heavy atom. The first-order valence-electron chi connectivity index (χ1n) is 10.3. The Balaban J connectivity index is 1.53. The third-order valence-electron chi connectivity index (χ3n) is 6.09. The molecule has 0 radical (unpaired) electrons. The van der Waals surface area contributed by atoms with E-state index in [1.807, 2.05) is 6.92 Å². The molecule has 3 atom stereocenters. The molecule has 2 heterocycles. The number of amides is 2. The van der Waals surface area contributed by atoms with Crippen molar-refractivity contribution < 1.29 is 22.5 Å². The number of fused-ring (bicyclic) bond motifs is 3. The second kappa shape index (κ2) is 7.27. The van der Waals surface area contributed by atoms with Gasteiger partial charge in [0.1, 0.15) is 23.0 Å². The molecule has 166 valence electrons. The highest BCUT2D eigenvalue weighted by Crippen LogP contribution is 2.41. The van der Waals surface area contributed by atoms with Crippen molar-refractivity contribution in [2.45, 2.75) is 62.7 Å². The van der Waals surface area contributed by atoms with Crippen LogP contribution in [0.3, 0.4) is 0 Å². The molecule has 2 aromatic rings. The molecule has 2 N–H and O–H groups in total. The minimum absolute atomic E-state index is 0.000212. The Bertz CT molecular complexity index is 1220. The van der Waals surface area contributed by atoms with Crippen LogP contribution in [0.1, 0.15) is 35.6 Å². The number of rotatable bonds is 3. The monoisotopic (exact) mass is 451 g/mol. The zero-order valence-electron chi connectivity index (χ0n) is 17.2. The molecule has 0 saturated heterocycles. The number of anilines is 1. The second-order valence-electron chi connectivity index (χ2n) is 8.14. The highest BCUT2D eigenvalue weighted by Gasteiger charge is 2.34. The molecule has 1 aromatic carbocycles. The molecule has 0 bridgehead atoms. The summed E-state index contributed by atoms with van der Waals surface area (Å²) in [7, 11) is -1.94. The Morgan fingerprint density at radius 1 is 1.29 bits per heavy atom. The molecular formula is C20H23F2N5O3S. The van der Waals surface area contributed by atoms with Crippen molar-refractivity contribution in [1.82, 2.24) is 14.5 Å². The molecule has 1 aromatic heterocycles. The number of alkyl halides is 1. The lowest BCUT2D eigenvalue weighted by Crippen LogP contribution is -2.23. The minimum atomic E-state index is -3.37. The van der Waals surface area contributed by atoms with Crippen LogP contribution in [0.25, 0.3) is 0 Å². The number of carbonyl (C=O) groups excluding carboxylic acids is 1. The van der Waals surface area contributed by atoms with E-state index in [1.54, 1.807) is 4.68 Å². The van der Waals surface area contributed by atoms with Gasteiger partial charge in [0.2, 0.25) is 5.88 Å². The average Bonchev–Trinajstić information content (AvgIpc) is 3.47. The van der Waals surface area contributed by atoms with E-state index < -0.39 is 22.1 Å². The molecule has 0 fully saturated rings. The summed E-state index contributed by atoms with van der Waals surface area (Å²) in [4.78, 5) is 13.0. The van der Waals surface area contributed by atoms with E-state index in [9.17, 15) is 17.8 Å². The number of urea groups is 1. The number of benzene rings is 1. The predicted octanol–water partition coefficient (Wildman–Crippen LogP) is 2.92. The van der Waals surface area contributed by atoms with Gasteiger partial charge in [-0.05, 0) is 55.5 Å². The standard InChI is InChI=1S/C20H23F2N5O3S/c1-10-9-27-19(30-10)16(8-24-27)31(29,23-2)26-20(28)25-18-13-5-3-4-12(13)17(22)14-6-11(21)7-15(14)18/h8,10-11H,3-7,9H2,1-2H3,(H2,23,25,26,28,29)/t10-,11+,31?/m1/s1. The molecular weight excluding hydrogens is 428 g/mol. The van der Waals surface area contributed by atoms with Crippen molar-refractivity contribution in [2.24, 2.45) is 4.36 Å². The summed E-state index contributed by atoms with van der Waals surface area (Å²) in [5.74, 6) is -0.0365. The van der Waals surface area contributed by atoms with E-state index in [2.05, 4.69) is 19.5 Å². The first-order valence-corrected chi connectivity index (χ1v) is 11.8. The highest BCUT2D eigenvalue weighted by atomic mass is 32.2. The molecule has 31 heavy (non-hydrogen) atoms. The SMILES string of the molecule is CNS(=O)(=NC(=O)Nc1c2c(c(F)c3c1C[C@@H](F)C3)CCC2)c1cnn2c1O[C@H](C)C2. The molecule has 3 aliphatic rings. The van der Waals surface area contributed by atoms with E-state index >= 15 is 0 Å². The zero-order chi connectivity index (χ0) is 21.9. The topological polar surface area (TPSA) is 97.6 Å². The van der Waals surface area contributed by atoms with Crippen LogP contribution >= 0.6 is 0 Å². The first-order chi connectivity index (χ1) is 14.8. The normalized spacial score (nSPS) is 23.0. The van der Waals surface area contributed by atoms with E-state index in [0.717, 1.165) is 6.42 Å². The van der Waals surface area contributed by atoms with Crippen LogP contribution < -0.4 is 14.8 Å². The Hall–Kier alpha value is -2.53. The van der Waals surface area contributed by atoms with Gasteiger partial charge in [0.05, 0.1) is 12.7 Å². The van der Waals surface area contributed by atoms with Crippen LogP contribution in [0.4, 0.5) is 19.3 Å². The number of carbonyl (C=O) groups is 1. The number of hydrogen-bond donors (Lipinski definition) is 2. The van der Waals surface area contributed by atoms with Gasteiger partial charge in [-0.15, -0.1) is 4.36 Å². The van der Waals surface area contributed by atoms with Crippen LogP contribution in [0.15, 0.2) is 15.5 Å². The predicted molar refractivity (Wildman–Crippen MR) is 110 cm³/mol. The zero-order valence-corrected chi connectivity index (χ0v) is 18.0. The van der Waals surface area contributed by atoms with Gasteiger partial charge in [-0.3, -0.25) is 0 Å². The number of ether oxygens (including phenoxy) is 1. The van der Waals surface area contributed by atoms with Gasteiger partial charge in [-0.2, -0.15) is 5.10 Å². The largest absolute Gasteiger partial charge is 0.472 e. The lowest BCUT2D eigenvalue weighted by atomic mass is 9.98. The lowest BCUT2D eigenvalue weighted by Gasteiger charge is -2.16. The number of nitrogens with zero attached hydrogens (tertiary/aromatic N) is 3. The smallest absolute Gasteiger partial charge is 0.354 e. The van der Waals surface area contributed by atoms with E-state index in [4.69, 9.17) is 4.74 Å². The summed E-state index contributed by atoms with van der Waals surface area (Å²) in [6.45, 7) is 2.37. The summed E-state index contributed by atoms with van der Waals surface area (Å²) >= 11 is 0. The van der Waals surface area contributed by atoms with Crippen molar-refractivity contribution in [3.8, 4) is 5.88 Å². The van der Waals surface area contributed by atoms with Gasteiger partial charge >= 0.3 is 6.03 Å². The molecule has 0 spiro atoms. The molecule has 11 heteroatoms. The Kier molecular flexibility index (Phi) is 4.78. The molecule has 2 amide bonds. The van der Waals surface area contributed by atoms with Crippen molar-refractivity contribution in [3.05, 3.63) is 34.3 Å². The summed E-state index contributed by atoms with van der Waals surface area (Å²) in [6.07, 6.45) is 2.01. The van der Waals surface area contributed by atoms with Crippen LogP contribution in [0.5, 0.6) is 5.88 Å². The Morgan fingerprint density at radius 3 is 2.81 bits per heavy atom. The van der Waals surface area contributed by atoms with Crippen molar-refractivity contribution in [2.75, 3.05) is 12.4 Å². The highest BCUT2D eigenvalue weighted by molar-refractivity contribution is 7.92. The van der Waals surface area contributed by atoms with Gasteiger partial charge < -0.3 is 10.1 Å². The maximum atomic E-state index is 14.9. The van der Waals surface area contributed by atoms with Crippen LogP contribution in [-0.4, -0.2) is 39.3 Å². The number of aromatic nitrogens is 2. The van der Waals surface area contributed by atoms with Crippen molar-refractivity contribution in [3.63, 3.8) is 0 Å². The van der Waals surface area contributed by atoms with Gasteiger partial charge in [0.15, 0.2) is 9.92 Å². The first kappa shape index (κ1) is 20.4. The van der Waals surface area contributed by atoms with Gasteiger partial charge in [-0.1, -0.05) is 0 Å². The quantitative estimate of drug-likeness (QED) is 0.750. The van der Waals surface area contributed by atoms with Crippen LogP contribution in [-0.2, 0) is 42.1 Å². The lowest BCUT2D eigenvalue weighted by molar-refractivity contribution is 0.248. The average molecular weight is 451 g/mol. The summed E-state index contributed by atoms with van der Waals surface area (Å²) < 4.78 is 56.2. The summed E-state index contributed by atoms with van der Waals surface area (Å²) in [6, 6.07) is -0.851. The minimum Gasteiger partial charge on any atom is -0.472 e. The third kappa shape index (κ3) is 3.21. The summed E-state index contributed by atoms with van der Waals surface area (Å²) in [5, 5.41) is 6.86. The molecule has 2 aliphatic carbocycles. The molecule has 1 unspecified atom stereocenters. The van der Waals surface area contributed by atoms with Crippen molar-refractivity contribution in [1.29, 1.82) is 0 Å². The van der Waals surface area contributed by atoms with Gasteiger partial charge in [0.25, 0.3) is 0 Å². The summed E-state index contributed by atoms with van der Waals surface area (Å²) in [5.41, 5.74) is 2.45. The molecule has 8 nitrogen and oxygen atoms in total. The van der Waals surface area contributed by atoms with E-state index in [1.165, 1.54) is 13.2 Å². The fourth-order valence-electron chi connectivity index (χ4n) is 4.73. The molecule has 1 aliphatic heterocycles. The fourth-order valence-corrected chi connectivity index (χ4v) is 6.00. The Labute approximate surface area is 178 Å². The number of halogens is 2. The number of hydrogen-bond acceptors (Lipinski definition) is 4. The molecule has 0 saturated carbocycles. The number of nitrogens with one attached hydrogen (secondary N) is 2. The second-order valence-corrected chi connectivity index (χ2v) is 10.2. The maximum absolute atomic E-state index is 14.9. The third-order valence-corrected chi connectivity index (χ3v) is 7.94. The van der Waals surface area contributed by atoms with Crippen molar-refractivity contribution >= 4 is 21.6 Å². The molecule has 5 rings (SSSR count). The van der Waals surface area contributed by atoms with Gasteiger partial charge in [-0.25, -0.2) is 27.2 Å².